The molecule has 1 aromatic carbocycles. The van der Waals surface area contributed by atoms with Gasteiger partial charge >= 0.3 is 0 Å². The second-order valence-electron chi connectivity index (χ2n) is 7.48. The maximum Gasteiger partial charge on any atom is 0.0951 e. The molecule has 2 heteroatoms. The summed E-state index contributed by atoms with van der Waals surface area (Å²) in [4.78, 5) is 2.46. The van der Waals surface area contributed by atoms with E-state index in [1.54, 1.807) is 0 Å². The number of aliphatic hydroxyl groups excluding tert-OH is 1. The summed E-state index contributed by atoms with van der Waals surface area (Å²) >= 11 is 0. The molecule has 0 bridgehead atoms. The van der Waals surface area contributed by atoms with Gasteiger partial charge in [-0.2, -0.15) is 0 Å². The van der Waals surface area contributed by atoms with Gasteiger partial charge in [0.05, 0.1) is 6.10 Å². The highest BCUT2D eigenvalue weighted by Crippen LogP contribution is 2.40. The molecule has 0 heterocycles. The van der Waals surface area contributed by atoms with E-state index < -0.39 is 0 Å². The molecule has 0 amide bonds. The molecular weight excluding hydrogens is 246 g/mol. The summed E-state index contributed by atoms with van der Waals surface area (Å²) in [5.41, 5.74) is 2.97. The van der Waals surface area contributed by atoms with Gasteiger partial charge in [0.25, 0.3) is 0 Å². The van der Waals surface area contributed by atoms with Crippen LogP contribution in [0.5, 0.6) is 0 Å². The fraction of sp³-hybridized carbons (Fsp3) is 0.667. The van der Waals surface area contributed by atoms with Gasteiger partial charge in [0.1, 0.15) is 0 Å². The van der Waals surface area contributed by atoms with E-state index in [1.807, 2.05) is 6.07 Å². The third kappa shape index (κ3) is 2.51. The van der Waals surface area contributed by atoms with Crippen LogP contribution in [0.15, 0.2) is 24.3 Å². The molecule has 1 aromatic rings. The monoisotopic (exact) mass is 273 g/mol. The zero-order valence-corrected chi connectivity index (χ0v) is 13.0. The molecule has 0 spiro atoms. The lowest BCUT2D eigenvalue weighted by Crippen LogP contribution is -2.45. The first-order valence-electron chi connectivity index (χ1n) is 7.96. The van der Waals surface area contributed by atoms with E-state index in [0.717, 1.165) is 12.0 Å². The summed E-state index contributed by atoms with van der Waals surface area (Å²) in [6, 6.07) is 9.26. The second kappa shape index (κ2) is 5.16. The topological polar surface area (TPSA) is 23.5 Å². The molecule has 2 atom stereocenters. The normalized spacial score (nSPS) is 29.6. The predicted molar refractivity (Wildman–Crippen MR) is 82.7 cm³/mol. The van der Waals surface area contributed by atoms with E-state index in [2.05, 4.69) is 44.0 Å². The standard InChI is InChI=1S/C18H27NO/c1-18(2)10-8-14(9-11-18)19(3)16-12-13-6-4-5-7-15(13)17(16)20/h4-7,14,16-17,20H,8-12H2,1-3H3. The van der Waals surface area contributed by atoms with Crippen LogP contribution >= 0.6 is 0 Å². The van der Waals surface area contributed by atoms with Gasteiger partial charge < -0.3 is 5.11 Å². The maximum absolute atomic E-state index is 10.6. The van der Waals surface area contributed by atoms with Gasteiger partial charge in [0, 0.05) is 12.1 Å². The number of benzene rings is 1. The van der Waals surface area contributed by atoms with Crippen LogP contribution in [0.25, 0.3) is 0 Å². The van der Waals surface area contributed by atoms with E-state index >= 15 is 0 Å². The Labute approximate surface area is 122 Å². The first kappa shape index (κ1) is 14.1. The SMILES string of the molecule is CN(C1CCC(C)(C)CC1)C1Cc2ccccc2C1O. The smallest absolute Gasteiger partial charge is 0.0951 e. The predicted octanol–water partition coefficient (Wildman–Crippen LogP) is 3.55. The third-order valence-electron chi connectivity index (χ3n) is 5.58. The summed E-state index contributed by atoms with van der Waals surface area (Å²) in [6.45, 7) is 4.76. The van der Waals surface area contributed by atoms with Gasteiger partial charge in [-0.1, -0.05) is 38.1 Å². The van der Waals surface area contributed by atoms with Crippen molar-refractivity contribution in [3.63, 3.8) is 0 Å². The second-order valence-corrected chi connectivity index (χ2v) is 7.48. The zero-order chi connectivity index (χ0) is 14.3. The van der Waals surface area contributed by atoms with Crippen LogP contribution in [-0.2, 0) is 6.42 Å². The average Bonchev–Trinajstić information content (AvgIpc) is 2.76. The quantitative estimate of drug-likeness (QED) is 0.891. The van der Waals surface area contributed by atoms with Crippen LogP contribution in [0.2, 0.25) is 0 Å². The lowest BCUT2D eigenvalue weighted by molar-refractivity contribution is 0.0278. The van der Waals surface area contributed by atoms with Crippen molar-refractivity contribution < 1.29 is 5.11 Å². The number of hydrogen-bond donors (Lipinski definition) is 1. The average molecular weight is 273 g/mol. The fourth-order valence-corrected chi connectivity index (χ4v) is 3.98. The first-order chi connectivity index (χ1) is 9.48. The number of likely N-dealkylation sites (N-methyl/N-ethyl adjacent to an activating group) is 1. The summed E-state index contributed by atoms with van der Waals surface area (Å²) in [5, 5.41) is 10.6. The van der Waals surface area contributed by atoms with E-state index in [4.69, 9.17) is 0 Å². The molecule has 0 saturated heterocycles. The van der Waals surface area contributed by atoms with Crippen molar-refractivity contribution in [2.24, 2.45) is 5.41 Å². The van der Waals surface area contributed by atoms with Crippen LogP contribution in [0.4, 0.5) is 0 Å². The Morgan fingerprint density at radius 3 is 2.45 bits per heavy atom. The van der Waals surface area contributed by atoms with Gasteiger partial charge in [0.2, 0.25) is 0 Å². The van der Waals surface area contributed by atoms with Crippen molar-refractivity contribution in [2.45, 2.75) is 64.1 Å². The van der Waals surface area contributed by atoms with Crippen molar-refractivity contribution in [2.75, 3.05) is 7.05 Å². The third-order valence-corrected chi connectivity index (χ3v) is 5.58. The number of rotatable bonds is 2. The van der Waals surface area contributed by atoms with Gasteiger partial charge in [0.15, 0.2) is 0 Å². The van der Waals surface area contributed by atoms with Crippen molar-refractivity contribution in [1.82, 2.24) is 4.90 Å². The lowest BCUT2D eigenvalue weighted by Gasteiger charge is -2.41. The molecule has 1 saturated carbocycles. The number of fused-ring (bicyclic) bond motifs is 1. The molecule has 0 aromatic heterocycles. The van der Waals surface area contributed by atoms with Gasteiger partial charge in [-0.3, -0.25) is 4.90 Å². The van der Waals surface area contributed by atoms with Gasteiger partial charge in [-0.25, -0.2) is 0 Å². The van der Waals surface area contributed by atoms with Crippen LogP contribution in [0.1, 0.15) is 56.8 Å². The molecule has 110 valence electrons. The number of hydrogen-bond acceptors (Lipinski definition) is 2. The minimum absolute atomic E-state index is 0.263. The Hall–Kier alpha value is -0.860. The summed E-state index contributed by atoms with van der Waals surface area (Å²) in [5.74, 6) is 0. The highest BCUT2D eigenvalue weighted by molar-refractivity contribution is 5.35. The van der Waals surface area contributed by atoms with Crippen LogP contribution in [-0.4, -0.2) is 29.1 Å². The molecule has 2 aliphatic carbocycles. The Morgan fingerprint density at radius 1 is 1.15 bits per heavy atom. The largest absolute Gasteiger partial charge is 0.387 e. The van der Waals surface area contributed by atoms with Gasteiger partial charge in [-0.05, 0) is 55.7 Å². The number of aliphatic hydroxyl groups is 1. The molecule has 1 fully saturated rings. The molecule has 20 heavy (non-hydrogen) atoms. The Bertz CT molecular complexity index is 472. The van der Waals surface area contributed by atoms with E-state index in [1.165, 1.54) is 31.2 Å². The Balaban J connectivity index is 1.69. The van der Waals surface area contributed by atoms with E-state index in [9.17, 15) is 5.11 Å². The maximum atomic E-state index is 10.6. The van der Waals surface area contributed by atoms with E-state index in [-0.39, 0.29) is 12.1 Å². The van der Waals surface area contributed by atoms with Crippen molar-refractivity contribution >= 4 is 0 Å². The van der Waals surface area contributed by atoms with Crippen LogP contribution < -0.4 is 0 Å². The lowest BCUT2D eigenvalue weighted by atomic mass is 9.75. The molecule has 2 unspecified atom stereocenters. The molecule has 1 N–H and O–H groups in total. The first-order valence-corrected chi connectivity index (χ1v) is 7.96. The van der Waals surface area contributed by atoms with Crippen molar-refractivity contribution in [1.29, 1.82) is 0 Å². The summed E-state index contributed by atoms with van der Waals surface area (Å²) in [7, 11) is 2.21. The van der Waals surface area contributed by atoms with Crippen molar-refractivity contribution in [3.8, 4) is 0 Å². The van der Waals surface area contributed by atoms with Crippen molar-refractivity contribution in [3.05, 3.63) is 35.4 Å². The summed E-state index contributed by atoms with van der Waals surface area (Å²) in [6.07, 6.45) is 5.82. The Kier molecular flexibility index (Phi) is 3.64. The molecule has 2 aliphatic rings. The van der Waals surface area contributed by atoms with Crippen LogP contribution in [0, 0.1) is 5.41 Å². The highest BCUT2D eigenvalue weighted by atomic mass is 16.3. The zero-order valence-electron chi connectivity index (χ0n) is 13.0. The van der Waals surface area contributed by atoms with E-state index in [0.29, 0.717) is 11.5 Å². The highest BCUT2D eigenvalue weighted by Gasteiger charge is 2.38. The fourth-order valence-electron chi connectivity index (χ4n) is 3.98. The molecule has 0 radical (unpaired) electrons. The minimum atomic E-state index is -0.314. The molecule has 2 nitrogen and oxygen atoms in total. The molecule has 0 aliphatic heterocycles. The molecular formula is C18H27NO. The number of nitrogens with zero attached hydrogens (tertiary/aromatic N) is 1. The van der Waals surface area contributed by atoms with Gasteiger partial charge in [-0.15, -0.1) is 0 Å². The summed E-state index contributed by atoms with van der Waals surface area (Å²) < 4.78 is 0. The molecule has 3 rings (SSSR count). The minimum Gasteiger partial charge on any atom is -0.387 e. The Morgan fingerprint density at radius 2 is 1.80 bits per heavy atom. The van der Waals surface area contributed by atoms with Crippen LogP contribution in [0.3, 0.4) is 0 Å².